The lowest BCUT2D eigenvalue weighted by atomic mass is 10.1. The second-order valence-corrected chi connectivity index (χ2v) is 7.04. The third-order valence-electron chi connectivity index (χ3n) is 5.18. The Labute approximate surface area is 150 Å². The maximum Gasteiger partial charge on any atom is 0.227 e. The second-order valence-electron chi connectivity index (χ2n) is 7.04. The zero-order valence-electron chi connectivity index (χ0n) is 15.0. The van der Waals surface area contributed by atoms with Crippen LogP contribution in [0.2, 0.25) is 0 Å². The minimum Gasteiger partial charge on any atom is -0.361 e. The molecule has 2 fully saturated rings. The Kier molecular flexibility index (Phi) is 4.21. The van der Waals surface area contributed by atoms with Crippen molar-refractivity contribution in [2.75, 3.05) is 19.6 Å². The smallest absolute Gasteiger partial charge is 0.227 e. The summed E-state index contributed by atoms with van der Waals surface area (Å²) in [4.78, 5) is 27.7. The highest BCUT2D eigenvalue weighted by Crippen LogP contribution is 2.23. The van der Waals surface area contributed by atoms with E-state index in [2.05, 4.69) is 15.5 Å². The molecule has 0 aromatic carbocycles. The molecular formula is C17H22N6O3. The number of aromatic nitrogens is 4. The summed E-state index contributed by atoms with van der Waals surface area (Å²) in [5.41, 5.74) is 2.43. The summed E-state index contributed by atoms with van der Waals surface area (Å²) in [6, 6.07) is 0.138. The van der Waals surface area contributed by atoms with Gasteiger partial charge < -0.3 is 14.3 Å². The lowest BCUT2D eigenvalue weighted by molar-refractivity contribution is -0.136. The molecule has 26 heavy (non-hydrogen) atoms. The molecule has 2 aromatic heterocycles. The van der Waals surface area contributed by atoms with Gasteiger partial charge in [-0.25, -0.2) is 4.68 Å². The van der Waals surface area contributed by atoms with Crippen molar-refractivity contribution in [3.05, 3.63) is 28.9 Å². The van der Waals surface area contributed by atoms with Crippen LogP contribution in [0, 0.1) is 13.8 Å². The van der Waals surface area contributed by atoms with E-state index >= 15 is 0 Å². The van der Waals surface area contributed by atoms with Crippen molar-refractivity contribution < 1.29 is 14.1 Å². The number of carbonyl (C=O) groups excluding carboxylic acids is 2. The van der Waals surface area contributed by atoms with E-state index in [0.717, 1.165) is 29.9 Å². The summed E-state index contributed by atoms with van der Waals surface area (Å²) in [5, 5.41) is 12.2. The maximum absolute atomic E-state index is 12.4. The lowest BCUT2D eigenvalue weighted by Crippen LogP contribution is -2.51. The van der Waals surface area contributed by atoms with Crippen LogP contribution in [0.25, 0.3) is 0 Å². The molecule has 0 unspecified atom stereocenters. The zero-order valence-corrected chi connectivity index (χ0v) is 15.0. The van der Waals surface area contributed by atoms with E-state index in [1.807, 2.05) is 29.8 Å². The van der Waals surface area contributed by atoms with Crippen LogP contribution in [0.1, 0.15) is 41.6 Å². The third kappa shape index (κ3) is 3.09. The number of carbonyl (C=O) groups is 2. The summed E-state index contributed by atoms with van der Waals surface area (Å²) < 4.78 is 6.91. The summed E-state index contributed by atoms with van der Waals surface area (Å²) >= 11 is 0. The number of rotatable bonds is 5. The molecule has 9 nitrogen and oxygen atoms in total. The van der Waals surface area contributed by atoms with Crippen molar-refractivity contribution in [3.63, 3.8) is 0 Å². The molecule has 4 heterocycles. The normalized spacial score (nSPS) is 17.8. The lowest BCUT2D eigenvalue weighted by Gasteiger charge is -2.38. The number of hydrogen-bond acceptors (Lipinski definition) is 6. The molecule has 4 rings (SSSR count). The first-order valence-corrected chi connectivity index (χ1v) is 8.89. The summed E-state index contributed by atoms with van der Waals surface area (Å²) in [6.45, 7) is 6.21. The average molecular weight is 358 g/mol. The van der Waals surface area contributed by atoms with E-state index in [1.165, 1.54) is 0 Å². The Morgan fingerprint density at radius 3 is 2.81 bits per heavy atom. The van der Waals surface area contributed by atoms with E-state index in [-0.39, 0.29) is 17.9 Å². The van der Waals surface area contributed by atoms with Gasteiger partial charge in [-0.2, -0.15) is 0 Å². The molecule has 0 aliphatic carbocycles. The van der Waals surface area contributed by atoms with Crippen LogP contribution in [0.3, 0.4) is 0 Å². The summed E-state index contributed by atoms with van der Waals surface area (Å²) in [7, 11) is 0. The highest BCUT2D eigenvalue weighted by atomic mass is 16.5. The predicted molar refractivity (Wildman–Crippen MR) is 90.0 cm³/mol. The number of nitrogens with zero attached hydrogens (tertiary/aromatic N) is 6. The van der Waals surface area contributed by atoms with Gasteiger partial charge in [0.15, 0.2) is 0 Å². The summed E-state index contributed by atoms with van der Waals surface area (Å²) in [6.07, 6.45) is 3.73. The Morgan fingerprint density at radius 2 is 2.15 bits per heavy atom. The van der Waals surface area contributed by atoms with Crippen molar-refractivity contribution in [1.29, 1.82) is 0 Å². The van der Waals surface area contributed by atoms with Gasteiger partial charge in [-0.15, -0.1) is 5.10 Å². The molecule has 0 radical (unpaired) electrons. The number of likely N-dealkylation sites (tertiary alicyclic amines) is 2. The first kappa shape index (κ1) is 16.7. The van der Waals surface area contributed by atoms with Gasteiger partial charge in [0, 0.05) is 31.6 Å². The van der Waals surface area contributed by atoms with Gasteiger partial charge >= 0.3 is 0 Å². The maximum atomic E-state index is 12.4. The SMILES string of the molecule is Cc1noc(C)c1CC(=O)N1CC(n2cc(CN3CCCC3=O)nn2)C1. The first-order chi connectivity index (χ1) is 12.5. The van der Waals surface area contributed by atoms with Crippen molar-refractivity contribution in [2.45, 2.75) is 45.7 Å². The molecule has 0 atom stereocenters. The van der Waals surface area contributed by atoms with Gasteiger partial charge in [0.1, 0.15) is 11.5 Å². The monoisotopic (exact) mass is 358 g/mol. The van der Waals surface area contributed by atoms with Crippen molar-refractivity contribution in [2.24, 2.45) is 0 Å². The molecule has 0 saturated carbocycles. The van der Waals surface area contributed by atoms with Crippen molar-refractivity contribution in [1.82, 2.24) is 30.0 Å². The van der Waals surface area contributed by atoms with Crippen LogP contribution in [0.5, 0.6) is 0 Å². The van der Waals surface area contributed by atoms with Crippen LogP contribution >= 0.6 is 0 Å². The van der Waals surface area contributed by atoms with Gasteiger partial charge in [-0.05, 0) is 20.3 Å². The fraction of sp³-hybridized carbons (Fsp3) is 0.588. The minimum absolute atomic E-state index is 0.0682. The Hall–Kier alpha value is -2.71. The largest absolute Gasteiger partial charge is 0.361 e. The van der Waals surface area contributed by atoms with Crippen LogP contribution in [-0.4, -0.2) is 61.4 Å². The Morgan fingerprint density at radius 1 is 1.35 bits per heavy atom. The fourth-order valence-corrected chi connectivity index (χ4v) is 3.47. The van der Waals surface area contributed by atoms with E-state index in [9.17, 15) is 9.59 Å². The Balaban J connectivity index is 1.30. The van der Waals surface area contributed by atoms with Crippen LogP contribution in [0.4, 0.5) is 0 Å². The van der Waals surface area contributed by atoms with E-state index in [4.69, 9.17) is 4.52 Å². The molecule has 138 valence electrons. The molecule has 0 N–H and O–H groups in total. The van der Waals surface area contributed by atoms with Gasteiger partial charge in [-0.3, -0.25) is 9.59 Å². The van der Waals surface area contributed by atoms with E-state index in [0.29, 0.717) is 38.2 Å². The van der Waals surface area contributed by atoms with E-state index in [1.54, 1.807) is 4.68 Å². The van der Waals surface area contributed by atoms with Gasteiger partial charge in [0.2, 0.25) is 11.8 Å². The molecule has 2 saturated heterocycles. The molecule has 0 spiro atoms. The second kappa shape index (κ2) is 6.54. The molecular weight excluding hydrogens is 336 g/mol. The predicted octanol–water partition coefficient (Wildman–Crippen LogP) is 0.631. The third-order valence-corrected chi connectivity index (χ3v) is 5.18. The summed E-state index contributed by atoms with van der Waals surface area (Å²) in [5.74, 6) is 0.947. The number of hydrogen-bond donors (Lipinski definition) is 0. The zero-order chi connectivity index (χ0) is 18.3. The van der Waals surface area contributed by atoms with Gasteiger partial charge in [0.25, 0.3) is 0 Å². The van der Waals surface area contributed by atoms with Crippen molar-refractivity contribution in [3.8, 4) is 0 Å². The van der Waals surface area contributed by atoms with Crippen LogP contribution in [-0.2, 0) is 22.6 Å². The van der Waals surface area contributed by atoms with E-state index < -0.39 is 0 Å². The minimum atomic E-state index is 0.0682. The highest BCUT2D eigenvalue weighted by molar-refractivity contribution is 5.80. The topological polar surface area (TPSA) is 97.4 Å². The number of aryl methyl sites for hydroxylation is 2. The molecule has 9 heteroatoms. The molecule has 2 aromatic rings. The highest BCUT2D eigenvalue weighted by Gasteiger charge is 2.33. The fourth-order valence-electron chi connectivity index (χ4n) is 3.47. The Bertz CT molecular complexity index is 816. The van der Waals surface area contributed by atoms with Gasteiger partial charge in [0.05, 0.1) is 30.9 Å². The van der Waals surface area contributed by atoms with Crippen molar-refractivity contribution >= 4 is 11.8 Å². The first-order valence-electron chi connectivity index (χ1n) is 8.89. The molecule has 2 aliphatic heterocycles. The van der Waals surface area contributed by atoms with Crippen LogP contribution < -0.4 is 0 Å². The van der Waals surface area contributed by atoms with Gasteiger partial charge in [-0.1, -0.05) is 10.4 Å². The van der Waals surface area contributed by atoms with Crippen LogP contribution in [0.15, 0.2) is 10.7 Å². The molecule has 0 bridgehead atoms. The average Bonchev–Trinajstić information content (AvgIpc) is 3.25. The number of amides is 2. The quantitative estimate of drug-likeness (QED) is 0.778. The molecule has 2 amide bonds. The molecule has 2 aliphatic rings. The standard InChI is InChI=1S/C17H22N6O3/c1-11-15(12(2)26-19-11)6-17(25)22-9-14(10-22)23-8-13(18-20-23)7-21-5-3-4-16(21)24/h8,14H,3-7,9-10H2,1-2H3.